The molecule has 28 heavy (non-hydrogen) atoms. The van der Waals surface area contributed by atoms with Crippen LogP contribution >= 0.6 is 0 Å². The maximum atomic E-state index is 10.1. The van der Waals surface area contributed by atoms with Gasteiger partial charge in [-0.25, -0.2) is 9.78 Å². The zero-order valence-corrected chi connectivity index (χ0v) is 17.3. The van der Waals surface area contributed by atoms with E-state index in [1.807, 2.05) is 0 Å². The van der Waals surface area contributed by atoms with Crippen LogP contribution in [0, 0.1) is 6.07 Å². The molecule has 0 aliphatic heterocycles. The fourth-order valence-corrected chi connectivity index (χ4v) is 2.20. The number of methoxy groups -OCH3 is 1. The maximum absolute atomic E-state index is 10.1. The van der Waals surface area contributed by atoms with E-state index in [0.29, 0.717) is 22.6 Å². The summed E-state index contributed by atoms with van der Waals surface area (Å²) in [6, 6.07) is 14.8. The number of pyridine rings is 2. The van der Waals surface area contributed by atoms with Crippen LogP contribution in [0.25, 0.3) is 11.3 Å². The minimum atomic E-state index is -0.990. The number of aliphatic hydroxyl groups is 2. The van der Waals surface area contributed by atoms with Crippen LogP contribution in [-0.4, -0.2) is 38.4 Å². The Bertz CT molecular complexity index is 891. The molecule has 0 radical (unpaired) electrons. The first-order valence-electron chi connectivity index (χ1n) is 7.99. The molecule has 0 saturated heterocycles. The molecule has 0 amide bonds. The molecule has 8 heteroatoms. The van der Waals surface area contributed by atoms with Crippen molar-refractivity contribution in [2.75, 3.05) is 7.11 Å². The van der Waals surface area contributed by atoms with Crippen LogP contribution in [-0.2, 0) is 34.3 Å². The zero-order valence-electron chi connectivity index (χ0n) is 15.0. The number of aromatic carboxylic acids is 1. The summed E-state index contributed by atoms with van der Waals surface area (Å²) in [6.07, 6.45) is 3.07. The number of carbonyl (C=O) groups is 1. The third-order valence-electron chi connectivity index (χ3n) is 3.55. The van der Waals surface area contributed by atoms with Crippen LogP contribution in [0.2, 0.25) is 0 Å². The molecule has 7 nitrogen and oxygen atoms in total. The van der Waals surface area contributed by atoms with E-state index in [1.54, 1.807) is 49.7 Å². The van der Waals surface area contributed by atoms with E-state index in [1.165, 1.54) is 12.3 Å². The van der Waals surface area contributed by atoms with Crippen LogP contribution in [0.3, 0.4) is 0 Å². The van der Waals surface area contributed by atoms with Crippen molar-refractivity contribution in [1.82, 2.24) is 9.97 Å². The summed E-state index contributed by atoms with van der Waals surface area (Å²) < 4.78 is 5.09. The minimum Gasteiger partial charge on any atom is -0.540 e. The van der Waals surface area contributed by atoms with Crippen molar-refractivity contribution < 1.29 is 45.9 Å². The predicted octanol–water partition coefficient (Wildman–Crippen LogP) is 2.32. The van der Waals surface area contributed by atoms with E-state index in [9.17, 15) is 9.90 Å². The third-order valence-corrected chi connectivity index (χ3v) is 3.55. The molecule has 0 atom stereocenters. The van der Waals surface area contributed by atoms with Gasteiger partial charge in [-0.2, -0.15) is 0 Å². The number of carboxylic acid groups (broad SMARTS) is 1. The van der Waals surface area contributed by atoms with Gasteiger partial charge in [0.1, 0.15) is 5.69 Å². The molecule has 0 saturated carbocycles. The number of rotatable bonds is 5. The van der Waals surface area contributed by atoms with Crippen molar-refractivity contribution in [3.8, 4) is 17.0 Å². The summed E-state index contributed by atoms with van der Waals surface area (Å²) in [5, 5.41) is 26.8. The molecule has 3 N–H and O–H groups in total. The van der Waals surface area contributed by atoms with Gasteiger partial charge in [-0.3, -0.25) is 0 Å². The molecule has 2 heterocycles. The van der Waals surface area contributed by atoms with E-state index < -0.39 is 5.97 Å². The fraction of sp³-hybridized carbons (Fsp3) is 0.150. The molecule has 1 aromatic carbocycles. The first-order valence-corrected chi connectivity index (χ1v) is 7.99. The number of ether oxygens (including phenoxy) is 1. The molecule has 0 fully saturated rings. The fourth-order valence-electron chi connectivity index (χ4n) is 2.20. The molecule has 0 aliphatic rings. The van der Waals surface area contributed by atoms with Crippen molar-refractivity contribution in [1.29, 1.82) is 0 Å². The van der Waals surface area contributed by atoms with Gasteiger partial charge in [-0.15, -0.1) is 17.7 Å². The van der Waals surface area contributed by atoms with Crippen molar-refractivity contribution in [2.45, 2.75) is 13.2 Å². The summed E-state index contributed by atoms with van der Waals surface area (Å²) in [6.45, 7) is -0.159. The average molecular weight is 562 g/mol. The summed E-state index contributed by atoms with van der Waals surface area (Å²) >= 11 is 0. The molecule has 150 valence electrons. The Morgan fingerprint density at radius 3 is 2.43 bits per heavy atom. The normalized spacial score (nSPS) is 9.54. The monoisotopic (exact) mass is 562 g/mol. The van der Waals surface area contributed by atoms with E-state index >= 15 is 0 Å². The minimum absolute atomic E-state index is 0. The SMILES string of the molecule is COc1c[c-]c(-c2cc(CO)ccn2)c(CO)c1.O=C(O)c1ccccn1.[Pt]. The van der Waals surface area contributed by atoms with Gasteiger partial charge >= 0.3 is 5.97 Å². The van der Waals surface area contributed by atoms with Crippen molar-refractivity contribution >= 4 is 5.97 Å². The molecule has 3 aromatic rings. The van der Waals surface area contributed by atoms with Gasteiger partial charge in [-0.1, -0.05) is 23.8 Å². The van der Waals surface area contributed by atoms with Gasteiger partial charge in [0.2, 0.25) is 0 Å². The summed E-state index contributed by atoms with van der Waals surface area (Å²) in [5.74, 6) is -0.350. The Morgan fingerprint density at radius 1 is 1.11 bits per heavy atom. The molecule has 0 bridgehead atoms. The molecule has 0 aliphatic carbocycles. The van der Waals surface area contributed by atoms with E-state index in [4.69, 9.17) is 14.9 Å². The second-order valence-corrected chi connectivity index (χ2v) is 5.33. The summed E-state index contributed by atoms with van der Waals surface area (Å²) in [5.41, 5.74) is 2.93. The van der Waals surface area contributed by atoms with Gasteiger partial charge in [0, 0.05) is 45.8 Å². The Labute approximate surface area is 176 Å². The van der Waals surface area contributed by atoms with Gasteiger partial charge in [-0.05, 0) is 29.5 Å². The quantitative estimate of drug-likeness (QED) is 0.410. The van der Waals surface area contributed by atoms with Gasteiger partial charge in [0.05, 0.1) is 13.7 Å². The van der Waals surface area contributed by atoms with E-state index in [-0.39, 0.29) is 40.0 Å². The Kier molecular flexibility index (Phi) is 10.0. The standard InChI is InChI=1S/C14H14NO3.C6H5NO2.Pt/c1-18-12-2-3-13(11(7-12)9-17)14-6-10(8-16)4-5-15-14;8-6(9)5-3-1-2-4-7-5;/h2,4-7,16-17H,8-9H2,1H3;1-4H,(H,8,9);/q-1;;. The molecule has 0 unspecified atom stereocenters. The van der Waals surface area contributed by atoms with E-state index in [0.717, 1.165) is 5.56 Å². The van der Waals surface area contributed by atoms with Crippen LogP contribution in [0.4, 0.5) is 0 Å². The van der Waals surface area contributed by atoms with Crippen LogP contribution < -0.4 is 4.74 Å². The number of benzene rings is 1. The largest absolute Gasteiger partial charge is 0.540 e. The number of hydrogen-bond acceptors (Lipinski definition) is 6. The van der Waals surface area contributed by atoms with Crippen molar-refractivity contribution in [3.63, 3.8) is 0 Å². The molecular weight excluding hydrogens is 543 g/mol. The van der Waals surface area contributed by atoms with Crippen molar-refractivity contribution in [2.24, 2.45) is 0 Å². The Morgan fingerprint density at radius 2 is 1.89 bits per heavy atom. The Balaban J connectivity index is 0.000000332. The molecular formula is C20H19N2O5Pt-. The summed E-state index contributed by atoms with van der Waals surface area (Å²) in [7, 11) is 1.56. The second kappa shape index (κ2) is 12.0. The second-order valence-electron chi connectivity index (χ2n) is 5.33. The first kappa shape index (κ1) is 23.4. The van der Waals surface area contributed by atoms with Gasteiger partial charge in [0.25, 0.3) is 0 Å². The van der Waals surface area contributed by atoms with Gasteiger partial charge < -0.3 is 25.0 Å². The first-order chi connectivity index (χ1) is 13.1. The number of nitrogens with zero attached hydrogens (tertiary/aromatic N) is 2. The Hall–Kier alpha value is -2.60. The van der Waals surface area contributed by atoms with Gasteiger partial charge in [0.15, 0.2) is 0 Å². The maximum Gasteiger partial charge on any atom is 0.354 e. The number of aliphatic hydroxyl groups excluding tert-OH is 2. The molecule has 0 spiro atoms. The number of carboxylic acids is 1. The van der Waals surface area contributed by atoms with Crippen LogP contribution in [0.5, 0.6) is 5.75 Å². The smallest absolute Gasteiger partial charge is 0.354 e. The average Bonchev–Trinajstić information content (AvgIpc) is 2.74. The van der Waals surface area contributed by atoms with E-state index in [2.05, 4.69) is 16.0 Å². The topological polar surface area (TPSA) is 113 Å². The van der Waals surface area contributed by atoms with Crippen LogP contribution in [0.1, 0.15) is 21.6 Å². The number of hydrogen-bond donors (Lipinski definition) is 3. The molecule has 3 rings (SSSR count). The number of aromatic nitrogens is 2. The molecule has 2 aromatic heterocycles. The van der Waals surface area contributed by atoms with Crippen molar-refractivity contribution in [3.05, 3.63) is 77.7 Å². The summed E-state index contributed by atoms with van der Waals surface area (Å²) in [4.78, 5) is 17.9. The van der Waals surface area contributed by atoms with Crippen LogP contribution in [0.15, 0.2) is 54.9 Å². The third kappa shape index (κ3) is 6.53. The zero-order chi connectivity index (χ0) is 19.6. The predicted molar refractivity (Wildman–Crippen MR) is 98.1 cm³/mol.